The first-order valence-corrected chi connectivity index (χ1v) is 9.40. The lowest BCUT2D eigenvalue weighted by molar-refractivity contribution is 0.197. The van der Waals surface area contributed by atoms with Gasteiger partial charge in [0.15, 0.2) is 6.61 Å². The fourth-order valence-corrected chi connectivity index (χ4v) is 2.48. The normalized spacial score (nSPS) is 10.7. The maximum Gasteiger partial charge on any atom is 0.412 e. The van der Waals surface area contributed by atoms with Crippen LogP contribution in [0.2, 0.25) is 10.0 Å². The van der Waals surface area contributed by atoms with Gasteiger partial charge < -0.3 is 24.5 Å². The SMILES string of the molecule is CC(C)NC(=O)Oc1ccc(OCc2nnc(Nc3ccc(Cl)c(Cl)c3)o2)cc1. The molecule has 1 aromatic heterocycles. The van der Waals surface area contributed by atoms with Gasteiger partial charge in [0.2, 0.25) is 0 Å². The number of carbonyl (C=O) groups excluding carboxylic acids is 1. The first-order valence-electron chi connectivity index (χ1n) is 8.64. The van der Waals surface area contributed by atoms with E-state index in [1.165, 1.54) is 0 Å². The second kappa shape index (κ2) is 9.49. The molecule has 3 rings (SSSR count). The Morgan fingerprint density at radius 1 is 1.07 bits per heavy atom. The molecule has 10 heteroatoms. The van der Waals surface area contributed by atoms with Crippen molar-refractivity contribution in [2.45, 2.75) is 26.5 Å². The van der Waals surface area contributed by atoms with Crippen LogP contribution in [0.4, 0.5) is 16.5 Å². The molecular weight excluding hydrogens is 419 g/mol. The summed E-state index contributed by atoms with van der Waals surface area (Å²) in [5.74, 6) is 1.24. The minimum atomic E-state index is -0.512. The van der Waals surface area contributed by atoms with E-state index in [-0.39, 0.29) is 24.6 Å². The summed E-state index contributed by atoms with van der Waals surface area (Å²) in [5, 5.41) is 14.2. The van der Waals surface area contributed by atoms with Crippen LogP contribution in [-0.2, 0) is 6.61 Å². The number of nitrogens with one attached hydrogen (secondary N) is 2. The Morgan fingerprint density at radius 3 is 2.48 bits per heavy atom. The summed E-state index contributed by atoms with van der Waals surface area (Å²) in [5.41, 5.74) is 0.660. The topological polar surface area (TPSA) is 98.5 Å². The van der Waals surface area contributed by atoms with E-state index < -0.39 is 6.09 Å². The third-order valence-corrected chi connectivity index (χ3v) is 4.18. The van der Waals surface area contributed by atoms with Crippen molar-refractivity contribution in [2.24, 2.45) is 0 Å². The highest BCUT2D eigenvalue weighted by Gasteiger charge is 2.09. The first kappa shape index (κ1) is 20.8. The van der Waals surface area contributed by atoms with Crippen molar-refractivity contribution in [3.63, 3.8) is 0 Å². The van der Waals surface area contributed by atoms with Crippen molar-refractivity contribution < 1.29 is 18.7 Å². The molecule has 0 saturated carbocycles. The van der Waals surface area contributed by atoms with Crippen molar-refractivity contribution in [3.05, 3.63) is 58.4 Å². The van der Waals surface area contributed by atoms with Crippen LogP contribution in [0.25, 0.3) is 0 Å². The minimum absolute atomic E-state index is 0.00410. The highest BCUT2D eigenvalue weighted by atomic mass is 35.5. The summed E-state index contributed by atoms with van der Waals surface area (Å²) < 4.78 is 16.2. The average Bonchev–Trinajstić information content (AvgIpc) is 3.11. The quantitative estimate of drug-likeness (QED) is 0.525. The molecule has 152 valence electrons. The number of amides is 1. The Hall–Kier alpha value is -2.97. The van der Waals surface area contributed by atoms with Crippen LogP contribution in [0.3, 0.4) is 0 Å². The Labute approximate surface area is 177 Å². The molecule has 0 unspecified atom stereocenters. The molecule has 0 spiro atoms. The molecular formula is C19H18Cl2N4O4. The van der Waals surface area contributed by atoms with Crippen LogP contribution >= 0.6 is 23.2 Å². The molecule has 2 aromatic carbocycles. The van der Waals surface area contributed by atoms with Crippen LogP contribution in [-0.4, -0.2) is 22.3 Å². The molecule has 3 aromatic rings. The Kier molecular flexibility index (Phi) is 6.79. The fraction of sp³-hybridized carbons (Fsp3) is 0.211. The van der Waals surface area contributed by atoms with Gasteiger partial charge in [0, 0.05) is 11.7 Å². The lowest BCUT2D eigenvalue weighted by Gasteiger charge is -2.09. The second-order valence-corrected chi connectivity index (χ2v) is 7.02. The van der Waals surface area contributed by atoms with E-state index in [0.717, 1.165) is 0 Å². The summed E-state index contributed by atoms with van der Waals surface area (Å²) >= 11 is 11.9. The van der Waals surface area contributed by atoms with Crippen LogP contribution in [0.5, 0.6) is 11.5 Å². The first-order chi connectivity index (χ1) is 13.9. The van der Waals surface area contributed by atoms with E-state index in [9.17, 15) is 4.79 Å². The maximum atomic E-state index is 11.6. The smallest absolute Gasteiger partial charge is 0.412 e. The number of carbonyl (C=O) groups is 1. The molecule has 0 saturated heterocycles. The van der Waals surface area contributed by atoms with Gasteiger partial charge in [-0.15, -0.1) is 5.10 Å². The second-order valence-electron chi connectivity index (χ2n) is 6.20. The van der Waals surface area contributed by atoms with Crippen molar-refractivity contribution in [2.75, 3.05) is 5.32 Å². The lowest BCUT2D eigenvalue weighted by Crippen LogP contribution is -2.32. The number of ether oxygens (including phenoxy) is 2. The summed E-state index contributed by atoms with van der Waals surface area (Å²) in [7, 11) is 0. The molecule has 1 heterocycles. The Morgan fingerprint density at radius 2 is 1.79 bits per heavy atom. The Balaban J connectivity index is 1.51. The van der Waals surface area contributed by atoms with Crippen LogP contribution in [0.15, 0.2) is 46.9 Å². The predicted molar refractivity (Wildman–Crippen MR) is 109 cm³/mol. The van der Waals surface area contributed by atoms with Crippen molar-refractivity contribution in [1.82, 2.24) is 15.5 Å². The molecule has 29 heavy (non-hydrogen) atoms. The third kappa shape index (κ3) is 6.27. The van der Waals surface area contributed by atoms with Gasteiger partial charge in [-0.2, -0.15) is 0 Å². The van der Waals surface area contributed by atoms with Gasteiger partial charge in [0.05, 0.1) is 10.0 Å². The zero-order chi connectivity index (χ0) is 20.8. The van der Waals surface area contributed by atoms with Gasteiger partial charge in [-0.1, -0.05) is 28.3 Å². The fourth-order valence-electron chi connectivity index (χ4n) is 2.18. The molecule has 1 amide bonds. The summed E-state index contributed by atoms with van der Waals surface area (Å²) in [4.78, 5) is 11.6. The summed E-state index contributed by atoms with van der Waals surface area (Å²) in [6.45, 7) is 3.77. The van der Waals surface area contributed by atoms with E-state index in [4.69, 9.17) is 37.1 Å². The van der Waals surface area contributed by atoms with Gasteiger partial charge in [-0.25, -0.2) is 4.79 Å². The van der Waals surface area contributed by atoms with Gasteiger partial charge >= 0.3 is 12.1 Å². The van der Waals surface area contributed by atoms with E-state index >= 15 is 0 Å². The predicted octanol–water partition coefficient (Wildman–Crippen LogP) is 5.20. The zero-order valence-electron chi connectivity index (χ0n) is 15.6. The molecule has 0 fully saturated rings. The number of rotatable bonds is 7. The molecule has 0 bridgehead atoms. The Bertz CT molecular complexity index is 977. The van der Waals surface area contributed by atoms with Crippen LogP contribution < -0.4 is 20.1 Å². The highest BCUT2D eigenvalue weighted by Crippen LogP contribution is 2.26. The van der Waals surface area contributed by atoms with Crippen molar-refractivity contribution in [3.8, 4) is 11.5 Å². The van der Waals surface area contributed by atoms with E-state index in [1.807, 2.05) is 13.8 Å². The van der Waals surface area contributed by atoms with Crippen molar-refractivity contribution >= 4 is 41.0 Å². The number of hydrogen-bond acceptors (Lipinski definition) is 7. The van der Waals surface area contributed by atoms with Crippen LogP contribution in [0.1, 0.15) is 19.7 Å². The maximum absolute atomic E-state index is 11.6. The average molecular weight is 437 g/mol. The molecule has 2 N–H and O–H groups in total. The summed E-state index contributed by atoms with van der Waals surface area (Å²) in [6.07, 6.45) is -0.512. The van der Waals surface area contributed by atoms with E-state index in [0.29, 0.717) is 27.2 Å². The van der Waals surface area contributed by atoms with Gasteiger partial charge in [0.25, 0.3) is 5.89 Å². The number of nitrogens with zero attached hydrogens (tertiary/aromatic N) is 2. The molecule has 0 aliphatic heterocycles. The number of hydrogen-bond donors (Lipinski definition) is 2. The molecule has 0 radical (unpaired) electrons. The van der Waals surface area contributed by atoms with Gasteiger partial charge in [-0.3, -0.25) is 0 Å². The van der Waals surface area contributed by atoms with Gasteiger partial charge in [0.1, 0.15) is 11.5 Å². The van der Waals surface area contributed by atoms with Crippen molar-refractivity contribution in [1.29, 1.82) is 0 Å². The standard InChI is InChI=1S/C19H18Cl2N4O4/c1-11(2)22-19(26)28-14-6-4-13(5-7-14)27-10-17-24-25-18(29-17)23-12-3-8-15(20)16(21)9-12/h3-9,11H,10H2,1-2H3,(H,22,26)(H,23,25). The number of halogens is 2. The van der Waals surface area contributed by atoms with Gasteiger partial charge in [-0.05, 0) is 56.3 Å². The number of aromatic nitrogens is 2. The number of benzene rings is 2. The molecule has 0 aliphatic rings. The highest BCUT2D eigenvalue weighted by molar-refractivity contribution is 6.42. The lowest BCUT2D eigenvalue weighted by atomic mass is 10.3. The van der Waals surface area contributed by atoms with Crippen LogP contribution in [0, 0.1) is 0 Å². The van der Waals surface area contributed by atoms with E-state index in [2.05, 4.69) is 20.8 Å². The largest absolute Gasteiger partial charge is 0.484 e. The summed E-state index contributed by atoms with van der Waals surface area (Å²) in [6, 6.07) is 11.8. The van der Waals surface area contributed by atoms with E-state index in [1.54, 1.807) is 42.5 Å². The zero-order valence-corrected chi connectivity index (χ0v) is 17.1. The molecule has 0 atom stereocenters. The number of anilines is 2. The third-order valence-electron chi connectivity index (χ3n) is 3.44. The molecule has 8 nitrogen and oxygen atoms in total. The molecule has 0 aliphatic carbocycles. The minimum Gasteiger partial charge on any atom is -0.484 e. The monoisotopic (exact) mass is 436 g/mol.